The number of hydrazone groups is 1. The third-order valence-corrected chi connectivity index (χ3v) is 1.85. The number of hydrogen-bond acceptors (Lipinski definition) is 3. The molecule has 0 aliphatic carbocycles. The van der Waals surface area contributed by atoms with Gasteiger partial charge in [-0.25, -0.2) is 10.2 Å². The Morgan fingerprint density at radius 1 is 1.29 bits per heavy atom. The van der Waals surface area contributed by atoms with E-state index in [2.05, 4.69) is 10.5 Å². The van der Waals surface area contributed by atoms with Crippen LogP contribution in [0.2, 0.25) is 0 Å². The van der Waals surface area contributed by atoms with Crippen LogP contribution < -0.4 is 5.43 Å². The van der Waals surface area contributed by atoms with Crippen molar-refractivity contribution in [3.8, 4) is 0 Å². The van der Waals surface area contributed by atoms with Crippen LogP contribution in [0.25, 0.3) is 0 Å². The maximum absolute atomic E-state index is 11.3. The van der Waals surface area contributed by atoms with Crippen molar-refractivity contribution in [3.63, 3.8) is 0 Å². The fourth-order valence-corrected chi connectivity index (χ4v) is 1.11. The van der Waals surface area contributed by atoms with Crippen molar-refractivity contribution < 1.29 is 9.53 Å². The van der Waals surface area contributed by atoms with Crippen LogP contribution in [0.3, 0.4) is 0 Å². The van der Waals surface area contributed by atoms with E-state index in [1.54, 1.807) is 27.0 Å². The summed E-state index contributed by atoms with van der Waals surface area (Å²) >= 11 is 0. The molecule has 0 saturated carbocycles. The zero-order valence-corrected chi connectivity index (χ0v) is 10.7. The minimum atomic E-state index is -0.555. The van der Waals surface area contributed by atoms with Crippen molar-refractivity contribution in [1.82, 2.24) is 5.43 Å². The number of amides is 1. The second-order valence-electron chi connectivity index (χ2n) is 4.78. The highest BCUT2D eigenvalue weighted by Gasteiger charge is 2.15. The standard InChI is InChI=1S/C13H18N2O2/c1-10-5-7-11(8-6-10)9-14-15-12(16)17-13(2,3)4/h5-9H,1-4H3,(H,15,16)/b14-9-. The SMILES string of the molecule is Cc1ccc(/C=N\NC(=O)OC(C)(C)C)cc1. The highest BCUT2D eigenvalue weighted by Crippen LogP contribution is 2.06. The van der Waals surface area contributed by atoms with Gasteiger partial charge >= 0.3 is 6.09 Å². The number of aryl methyl sites for hydroxylation is 1. The first kappa shape index (κ1) is 13.2. The summed E-state index contributed by atoms with van der Waals surface area (Å²) in [6, 6.07) is 7.81. The predicted molar refractivity (Wildman–Crippen MR) is 68.1 cm³/mol. The predicted octanol–water partition coefficient (Wildman–Crippen LogP) is 2.85. The summed E-state index contributed by atoms with van der Waals surface area (Å²) in [4.78, 5) is 11.3. The summed E-state index contributed by atoms with van der Waals surface area (Å²) in [5, 5.41) is 3.81. The summed E-state index contributed by atoms with van der Waals surface area (Å²) in [6.07, 6.45) is 1.02. The van der Waals surface area contributed by atoms with Crippen molar-refractivity contribution in [2.75, 3.05) is 0 Å². The smallest absolute Gasteiger partial charge is 0.428 e. The van der Waals surface area contributed by atoms with Crippen molar-refractivity contribution in [1.29, 1.82) is 0 Å². The van der Waals surface area contributed by atoms with Gasteiger partial charge in [0, 0.05) is 0 Å². The molecule has 1 amide bonds. The number of nitrogens with one attached hydrogen (secondary N) is 1. The van der Waals surface area contributed by atoms with E-state index in [0.717, 1.165) is 5.56 Å². The van der Waals surface area contributed by atoms with Crippen LogP contribution in [0.5, 0.6) is 0 Å². The van der Waals surface area contributed by atoms with Crippen molar-refractivity contribution in [2.24, 2.45) is 5.10 Å². The minimum Gasteiger partial charge on any atom is -0.443 e. The lowest BCUT2D eigenvalue weighted by Gasteiger charge is -2.18. The number of ether oxygens (including phenoxy) is 1. The van der Waals surface area contributed by atoms with Crippen LogP contribution in [-0.2, 0) is 4.74 Å². The highest BCUT2D eigenvalue weighted by atomic mass is 16.6. The molecule has 0 saturated heterocycles. The molecule has 1 N–H and O–H groups in total. The summed E-state index contributed by atoms with van der Waals surface area (Å²) < 4.78 is 5.03. The summed E-state index contributed by atoms with van der Waals surface area (Å²) in [6.45, 7) is 7.42. The van der Waals surface area contributed by atoms with Crippen LogP contribution in [0.1, 0.15) is 31.9 Å². The van der Waals surface area contributed by atoms with Gasteiger partial charge in [-0.2, -0.15) is 5.10 Å². The molecular formula is C13H18N2O2. The normalized spacial score (nSPS) is 11.5. The lowest BCUT2D eigenvalue weighted by atomic mass is 10.2. The lowest BCUT2D eigenvalue weighted by Crippen LogP contribution is -2.29. The molecule has 0 atom stereocenters. The second kappa shape index (κ2) is 5.48. The van der Waals surface area contributed by atoms with E-state index in [-0.39, 0.29) is 0 Å². The largest absolute Gasteiger partial charge is 0.443 e. The molecule has 1 aromatic rings. The van der Waals surface area contributed by atoms with Crippen LogP contribution in [0.4, 0.5) is 4.79 Å². The third-order valence-electron chi connectivity index (χ3n) is 1.85. The molecule has 4 nitrogen and oxygen atoms in total. The molecule has 0 bridgehead atoms. The van der Waals surface area contributed by atoms with Gasteiger partial charge in [-0.1, -0.05) is 29.8 Å². The molecule has 17 heavy (non-hydrogen) atoms. The molecule has 1 rings (SSSR count). The second-order valence-corrected chi connectivity index (χ2v) is 4.78. The summed E-state index contributed by atoms with van der Waals surface area (Å²) in [5.74, 6) is 0. The highest BCUT2D eigenvalue weighted by molar-refractivity contribution is 5.80. The van der Waals surface area contributed by atoms with Gasteiger partial charge in [-0.3, -0.25) is 0 Å². The van der Waals surface area contributed by atoms with E-state index in [0.29, 0.717) is 0 Å². The number of rotatable bonds is 2. The van der Waals surface area contributed by atoms with E-state index >= 15 is 0 Å². The van der Waals surface area contributed by atoms with E-state index in [1.807, 2.05) is 31.2 Å². The Balaban J connectivity index is 2.45. The molecule has 0 heterocycles. The fourth-order valence-electron chi connectivity index (χ4n) is 1.11. The first-order chi connectivity index (χ1) is 7.87. The number of carbonyl (C=O) groups is 1. The summed E-state index contributed by atoms with van der Waals surface area (Å²) in [7, 11) is 0. The summed E-state index contributed by atoms with van der Waals surface area (Å²) in [5.41, 5.74) is 3.91. The molecule has 0 spiro atoms. The number of carbonyl (C=O) groups excluding carboxylic acids is 1. The zero-order valence-electron chi connectivity index (χ0n) is 10.7. The molecule has 0 radical (unpaired) electrons. The average Bonchev–Trinajstić information content (AvgIpc) is 2.18. The van der Waals surface area contributed by atoms with Gasteiger partial charge in [0.2, 0.25) is 0 Å². The zero-order chi connectivity index (χ0) is 12.9. The van der Waals surface area contributed by atoms with E-state index in [9.17, 15) is 4.79 Å². The third kappa shape index (κ3) is 5.70. The first-order valence-electron chi connectivity index (χ1n) is 5.45. The lowest BCUT2D eigenvalue weighted by molar-refractivity contribution is 0.0529. The fraction of sp³-hybridized carbons (Fsp3) is 0.385. The molecular weight excluding hydrogens is 216 g/mol. The van der Waals surface area contributed by atoms with Crippen LogP contribution in [0.15, 0.2) is 29.4 Å². The van der Waals surface area contributed by atoms with Crippen molar-refractivity contribution in [2.45, 2.75) is 33.3 Å². The van der Waals surface area contributed by atoms with E-state index < -0.39 is 11.7 Å². The first-order valence-corrected chi connectivity index (χ1v) is 5.45. The maximum Gasteiger partial charge on any atom is 0.428 e. The Labute approximate surface area is 102 Å². The molecule has 0 aliphatic rings. The molecule has 92 valence electrons. The van der Waals surface area contributed by atoms with Gasteiger partial charge in [0.05, 0.1) is 6.21 Å². The Morgan fingerprint density at radius 2 is 1.88 bits per heavy atom. The Bertz CT molecular complexity index is 402. The van der Waals surface area contributed by atoms with Crippen LogP contribution >= 0.6 is 0 Å². The number of hydrogen-bond donors (Lipinski definition) is 1. The average molecular weight is 234 g/mol. The molecule has 1 aromatic carbocycles. The molecule has 4 heteroatoms. The van der Waals surface area contributed by atoms with Crippen LogP contribution in [0, 0.1) is 6.92 Å². The molecule has 0 unspecified atom stereocenters. The van der Waals surface area contributed by atoms with Gasteiger partial charge in [-0.05, 0) is 33.3 Å². The topological polar surface area (TPSA) is 50.7 Å². The Hall–Kier alpha value is -1.84. The molecule has 0 aliphatic heterocycles. The van der Waals surface area contributed by atoms with Gasteiger partial charge in [0.15, 0.2) is 0 Å². The van der Waals surface area contributed by atoms with Gasteiger partial charge in [0.1, 0.15) is 5.60 Å². The van der Waals surface area contributed by atoms with E-state index in [4.69, 9.17) is 4.74 Å². The molecule has 0 fully saturated rings. The van der Waals surface area contributed by atoms with Crippen molar-refractivity contribution in [3.05, 3.63) is 35.4 Å². The van der Waals surface area contributed by atoms with Gasteiger partial charge < -0.3 is 4.74 Å². The number of benzene rings is 1. The van der Waals surface area contributed by atoms with Gasteiger partial charge in [0.25, 0.3) is 0 Å². The Morgan fingerprint density at radius 3 is 2.41 bits per heavy atom. The quantitative estimate of drug-likeness (QED) is 0.632. The minimum absolute atomic E-state index is 0.510. The molecule has 0 aromatic heterocycles. The van der Waals surface area contributed by atoms with E-state index in [1.165, 1.54) is 5.56 Å². The maximum atomic E-state index is 11.3. The van der Waals surface area contributed by atoms with Crippen molar-refractivity contribution >= 4 is 12.3 Å². The Kier molecular flexibility index (Phi) is 4.26. The van der Waals surface area contributed by atoms with Crippen LogP contribution in [-0.4, -0.2) is 17.9 Å². The number of nitrogens with zero attached hydrogens (tertiary/aromatic N) is 1. The van der Waals surface area contributed by atoms with Gasteiger partial charge in [-0.15, -0.1) is 0 Å². The monoisotopic (exact) mass is 234 g/mol.